The maximum atomic E-state index is 6.07. The normalized spacial score (nSPS) is 27.2. The SMILES string of the molecule is CC(N)C1CCCn2c1cnc2C1CCC1. The van der Waals surface area contributed by atoms with Crippen molar-refractivity contribution in [2.45, 2.75) is 63.5 Å². The molecule has 88 valence electrons. The van der Waals surface area contributed by atoms with Crippen LogP contribution in [0.25, 0.3) is 0 Å². The first-order valence-electron chi connectivity index (χ1n) is 6.58. The first kappa shape index (κ1) is 10.3. The van der Waals surface area contributed by atoms with E-state index in [-0.39, 0.29) is 6.04 Å². The van der Waals surface area contributed by atoms with Gasteiger partial charge in [-0.05, 0) is 32.6 Å². The Morgan fingerprint density at radius 3 is 2.81 bits per heavy atom. The summed E-state index contributed by atoms with van der Waals surface area (Å²) in [5.41, 5.74) is 7.46. The molecule has 3 nitrogen and oxygen atoms in total. The fourth-order valence-corrected chi connectivity index (χ4v) is 3.09. The van der Waals surface area contributed by atoms with Crippen LogP contribution in [-0.4, -0.2) is 15.6 Å². The van der Waals surface area contributed by atoms with Crippen LogP contribution in [0, 0.1) is 0 Å². The predicted molar refractivity (Wildman–Crippen MR) is 64.4 cm³/mol. The third kappa shape index (κ3) is 1.49. The van der Waals surface area contributed by atoms with Crippen LogP contribution in [0.1, 0.15) is 62.4 Å². The van der Waals surface area contributed by atoms with E-state index in [2.05, 4.69) is 22.7 Å². The van der Waals surface area contributed by atoms with Crippen molar-refractivity contribution < 1.29 is 0 Å². The quantitative estimate of drug-likeness (QED) is 0.830. The third-order valence-electron chi connectivity index (χ3n) is 4.30. The standard InChI is InChI=1S/C13H21N3/c1-9(14)11-6-3-7-16-12(11)8-15-13(16)10-4-2-5-10/h8-11H,2-7,14H2,1H3. The Kier molecular flexibility index (Phi) is 2.51. The highest BCUT2D eigenvalue weighted by atomic mass is 15.1. The number of imidazole rings is 1. The van der Waals surface area contributed by atoms with Crippen molar-refractivity contribution >= 4 is 0 Å². The monoisotopic (exact) mass is 219 g/mol. The van der Waals surface area contributed by atoms with Crippen molar-refractivity contribution in [1.29, 1.82) is 0 Å². The molecule has 0 saturated heterocycles. The van der Waals surface area contributed by atoms with Gasteiger partial charge in [-0.2, -0.15) is 0 Å². The lowest BCUT2D eigenvalue weighted by Crippen LogP contribution is -2.30. The molecule has 0 radical (unpaired) electrons. The van der Waals surface area contributed by atoms with Crippen LogP contribution in [0.4, 0.5) is 0 Å². The molecule has 2 unspecified atom stereocenters. The number of hydrogen-bond acceptors (Lipinski definition) is 2. The highest BCUT2D eigenvalue weighted by Crippen LogP contribution is 2.39. The molecule has 1 aromatic heterocycles. The smallest absolute Gasteiger partial charge is 0.111 e. The molecule has 0 bridgehead atoms. The number of nitrogens with two attached hydrogens (primary N) is 1. The lowest BCUT2D eigenvalue weighted by molar-refractivity contribution is 0.357. The van der Waals surface area contributed by atoms with Crippen LogP contribution in [0.5, 0.6) is 0 Å². The fourth-order valence-electron chi connectivity index (χ4n) is 3.09. The van der Waals surface area contributed by atoms with Crippen LogP contribution in [-0.2, 0) is 6.54 Å². The molecule has 2 N–H and O–H groups in total. The fraction of sp³-hybridized carbons (Fsp3) is 0.769. The number of nitrogens with zero attached hydrogens (tertiary/aromatic N) is 2. The van der Waals surface area contributed by atoms with Gasteiger partial charge in [0.15, 0.2) is 0 Å². The van der Waals surface area contributed by atoms with Crippen molar-refractivity contribution in [3.8, 4) is 0 Å². The van der Waals surface area contributed by atoms with E-state index in [9.17, 15) is 0 Å². The van der Waals surface area contributed by atoms with Gasteiger partial charge in [0, 0.05) is 36.3 Å². The second-order valence-electron chi connectivity index (χ2n) is 5.43. The Morgan fingerprint density at radius 2 is 2.19 bits per heavy atom. The van der Waals surface area contributed by atoms with Crippen molar-refractivity contribution in [1.82, 2.24) is 9.55 Å². The van der Waals surface area contributed by atoms with Crippen molar-refractivity contribution in [3.05, 3.63) is 17.7 Å². The molecule has 3 heteroatoms. The van der Waals surface area contributed by atoms with E-state index < -0.39 is 0 Å². The maximum Gasteiger partial charge on any atom is 0.111 e. The van der Waals surface area contributed by atoms with Gasteiger partial charge in [0.2, 0.25) is 0 Å². The minimum absolute atomic E-state index is 0.255. The molecule has 1 aliphatic heterocycles. The highest BCUT2D eigenvalue weighted by molar-refractivity contribution is 5.18. The van der Waals surface area contributed by atoms with Crippen molar-refractivity contribution in [2.24, 2.45) is 5.73 Å². The zero-order valence-corrected chi connectivity index (χ0v) is 10.0. The molecular formula is C13H21N3. The second kappa shape index (κ2) is 3.88. The van der Waals surface area contributed by atoms with E-state index >= 15 is 0 Å². The summed E-state index contributed by atoms with van der Waals surface area (Å²) in [6, 6.07) is 0.255. The summed E-state index contributed by atoms with van der Waals surface area (Å²) >= 11 is 0. The average Bonchev–Trinajstić information content (AvgIpc) is 2.59. The van der Waals surface area contributed by atoms with E-state index in [1.54, 1.807) is 0 Å². The van der Waals surface area contributed by atoms with E-state index in [1.807, 2.05) is 0 Å². The summed E-state index contributed by atoms with van der Waals surface area (Å²) in [5.74, 6) is 2.60. The zero-order valence-electron chi connectivity index (χ0n) is 10.0. The molecule has 2 atom stereocenters. The molecular weight excluding hydrogens is 198 g/mol. The molecule has 0 amide bonds. The number of rotatable bonds is 2. The predicted octanol–water partition coefficient (Wildman–Crippen LogP) is 2.38. The van der Waals surface area contributed by atoms with Gasteiger partial charge >= 0.3 is 0 Å². The Hall–Kier alpha value is -0.830. The van der Waals surface area contributed by atoms with E-state index in [4.69, 9.17) is 5.73 Å². The molecule has 16 heavy (non-hydrogen) atoms. The van der Waals surface area contributed by atoms with E-state index in [1.165, 1.54) is 43.6 Å². The molecule has 1 aliphatic carbocycles. The van der Waals surface area contributed by atoms with E-state index in [0.29, 0.717) is 5.92 Å². The minimum Gasteiger partial charge on any atom is -0.331 e. The van der Waals surface area contributed by atoms with Crippen molar-refractivity contribution in [2.75, 3.05) is 0 Å². The lowest BCUT2D eigenvalue weighted by atomic mass is 9.84. The van der Waals surface area contributed by atoms with Crippen LogP contribution in [0.2, 0.25) is 0 Å². The maximum absolute atomic E-state index is 6.07. The largest absolute Gasteiger partial charge is 0.331 e. The Balaban J connectivity index is 1.94. The first-order valence-corrected chi connectivity index (χ1v) is 6.58. The Morgan fingerprint density at radius 1 is 1.38 bits per heavy atom. The van der Waals surface area contributed by atoms with Crippen molar-refractivity contribution in [3.63, 3.8) is 0 Å². The van der Waals surface area contributed by atoms with Gasteiger partial charge in [0.1, 0.15) is 5.82 Å². The Bertz CT molecular complexity index is 377. The summed E-state index contributed by atoms with van der Waals surface area (Å²) in [6.07, 6.45) is 8.62. The molecule has 2 aliphatic rings. The first-order chi connectivity index (χ1) is 7.77. The van der Waals surface area contributed by atoms with Gasteiger partial charge in [0.05, 0.1) is 0 Å². The molecule has 1 saturated carbocycles. The third-order valence-corrected chi connectivity index (χ3v) is 4.30. The van der Waals surface area contributed by atoms with E-state index in [0.717, 1.165) is 12.5 Å². The molecule has 3 rings (SSSR count). The summed E-state index contributed by atoms with van der Waals surface area (Å²) in [5, 5.41) is 0. The molecule has 1 aromatic rings. The summed E-state index contributed by atoms with van der Waals surface area (Å²) in [4.78, 5) is 4.66. The minimum atomic E-state index is 0.255. The van der Waals surface area contributed by atoms with Crippen LogP contribution in [0.3, 0.4) is 0 Å². The topological polar surface area (TPSA) is 43.8 Å². The van der Waals surface area contributed by atoms with Gasteiger partial charge in [-0.1, -0.05) is 6.42 Å². The van der Waals surface area contributed by atoms with Gasteiger partial charge in [0.25, 0.3) is 0 Å². The number of hydrogen-bond donors (Lipinski definition) is 1. The van der Waals surface area contributed by atoms with Crippen LogP contribution >= 0.6 is 0 Å². The lowest BCUT2D eigenvalue weighted by Gasteiger charge is -2.31. The van der Waals surface area contributed by atoms with Gasteiger partial charge in [-0.25, -0.2) is 4.98 Å². The molecule has 1 fully saturated rings. The second-order valence-corrected chi connectivity index (χ2v) is 5.43. The summed E-state index contributed by atoms with van der Waals surface area (Å²) in [7, 11) is 0. The summed E-state index contributed by atoms with van der Waals surface area (Å²) in [6.45, 7) is 3.28. The van der Waals surface area contributed by atoms with Gasteiger partial charge in [-0.3, -0.25) is 0 Å². The van der Waals surface area contributed by atoms with Gasteiger partial charge in [-0.15, -0.1) is 0 Å². The zero-order chi connectivity index (χ0) is 11.1. The number of fused-ring (bicyclic) bond motifs is 1. The van der Waals surface area contributed by atoms with Crippen LogP contribution < -0.4 is 5.73 Å². The van der Waals surface area contributed by atoms with Gasteiger partial charge < -0.3 is 10.3 Å². The summed E-state index contributed by atoms with van der Waals surface area (Å²) < 4.78 is 2.46. The highest BCUT2D eigenvalue weighted by Gasteiger charge is 2.30. The average molecular weight is 219 g/mol. The molecule has 0 aromatic carbocycles. The molecule has 0 spiro atoms. The van der Waals surface area contributed by atoms with Crippen LogP contribution in [0.15, 0.2) is 6.20 Å². The number of aromatic nitrogens is 2. The molecule has 2 heterocycles. The Labute approximate surface area is 97.0 Å².